The molecule has 3 aromatic rings. The number of rotatable bonds is 8. The van der Waals surface area contributed by atoms with Crippen LogP contribution in [0, 0.1) is 0 Å². The minimum absolute atomic E-state index is 0.00403. The van der Waals surface area contributed by atoms with E-state index < -0.39 is 21.6 Å². The van der Waals surface area contributed by atoms with Crippen LogP contribution in [0.15, 0.2) is 56.7 Å². The summed E-state index contributed by atoms with van der Waals surface area (Å²) in [6, 6.07) is 9.76. The number of aldehydes is 1. The van der Waals surface area contributed by atoms with E-state index in [4.69, 9.17) is 4.52 Å². The topological polar surface area (TPSA) is 138 Å². The molecule has 29 heavy (non-hydrogen) atoms. The first-order chi connectivity index (χ1) is 13.8. The molecule has 1 amide bonds. The molecule has 0 spiro atoms. The van der Waals surface area contributed by atoms with E-state index in [1.807, 2.05) is 0 Å². The molecule has 10 heteroatoms. The van der Waals surface area contributed by atoms with Crippen molar-refractivity contribution >= 4 is 33.2 Å². The van der Waals surface area contributed by atoms with E-state index >= 15 is 0 Å². The summed E-state index contributed by atoms with van der Waals surface area (Å²) >= 11 is 0. The average molecular weight is 417 g/mol. The molecule has 152 valence electrons. The maximum Gasteiger partial charge on any atom is 0.287 e. The Balaban J connectivity index is 1.68. The van der Waals surface area contributed by atoms with Crippen LogP contribution in [0.5, 0.6) is 0 Å². The van der Waals surface area contributed by atoms with Crippen LogP contribution in [-0.4, -0.2) is 31.8 Å². The SMILES string of the molecule is CCC(C=O)NC(=O)c1ccc(CNS(=O)(=O)c2ccc3o[nH]c(=O)c3c2)cc1. The minimum Gasteiger partial charge on any atom is -0.378 e. The van der Waals surface area contributed by atoms with Gasteiger partial charge in [0.05, 0.1) is 16.3 Å². The fourth-order valence-corrected chi connectivity index (χ4v) is 3.66. The zero-order valence-corrected chi connectivity index (χ0v) is 16.3. The number of fused-ring (bicyclic) bond motifs is 1. The van der Waals surface area contributed by atoms with Crippen molar-refractivity contribution in [3.63, 3.8) is 0 Å². The predicted molar refractivity (Wildman–Crippen MR) is 105 cm³/mol. The lowest BCUT2D eigenvalue weighted by molar-refractivity contribution is -0.109. The summed E-state index contributed by atoms with van der Waals surface area (Å²) in [6.45, 7) is 1.78. The van der Waals surface area contributed by atoms with Crippen LogP contribution >= 0.6 is 0 Å². The van der Waals surface area contributed by atoms with Gasteiger partial charge in [-0.1, -0.05) is 19.1 Å². The van der Waals surface area contributed by atoms with Gasteiger partial charge < -0.3 is 14.6 Å². The highest BCUT2D eigenvalue weighted by molar-refractivity contribution is 7.89. The van der Waals surface area contributed by atoms with Crippen molar-refractivity contribution in [3.05, 3.63) is 63.9 Å². The Morgan fingerprint density at radius 3 is 2.59 bits per heavy atom. The fraction of sp³-hybridized carbons (Fsp3) is 0.211. The third-order valence-electron chi connectivity index (χ3n) is 4.36. The van der Waals surface area contributed by atoms with Gasteiger partial charge in [-0.25, -0.2) is 13.1 Å². The van der Waals surface area contributed by atoms with E-state index in [1.165, 1.54) is 18.2 Å². The maximum atomic E-state index is 12.5. The number of sulfonamides is 1. The monoisotopic (exact) mass is 417 g/mol. The third-order valence-corrected chi connectivity index (χ3v) is 5.76. The second-order valence-electron chi connectivity index (χ2n) is 6.34. The highest BCUT2D eigenvalue weighted by Crippen LogP contribution is 2.16. The summed E-state index contributed by atoms with van der Waals surface area (Å²) in [6.07, 6.45) is 1.17. The lowest BCUT2D eigenvalue weighted by atomic mass is 10.1. The number of H-pyrrole nitrogens is 1. The first-order valence-corrected chi connectivity index (χ1v) is 10.3. The van der Waals surface area contributed by atoms with E-state index in [-0.39, 0.29) is 28.3 Å². The quantitative estimate of drug-likeness (QED) is 0.472. The summed E-state index contributed by atoms with van der Waals surface area (Å²) in [4.78, 5) is 34.5. The smallest absolute Gasteiger partial charge is 0.287 e. The number of hydrogen-bond acceptors (Lipinski definition) is 6. The molecule has 0 saturated heterocycles. The number of benzene rings is 2. The van der Waals surface area contributed by atoms with Crippen LogP contribution in [-0.2, 0) is 21.4 Å². The second kappa shape index (κ2) is 8.41. The highest BCUT2D eigenvalue weighted by atomic mass is 32.2. The largest absolute Gasteiger partial charge is 0.378 e. The number of nitrogens with one attached hydrogen (secondary N) is 3. The maximum absolute atomic E-state index is 12.5. The summed E-state index contributed by atoms with van der Waals surface area (Å²) in [5, 5.41) is 4.88. The van der Waals surface area contributed by atoms with Crippen LogP contribution in [0.2, 0.25) is 0 Å². The molecule has 1 aromatic heterocycles. The predicted octanol–water partition coefficient (Wildman–Crippen LogP) is 1.31. The Hall–Kier alpha value is -3.24. The lowest BCUT2D eigenvalue weighted by Crippen LogP contribution is -2.35. The Morgan fingerprint density at radius 2 is 1.93 bits per heavy atom. The van der Waals surface area contributed by atoms with Crippen LogP contribution in [0.25, 0.3) is 11.0 Å². The number of aromatic amines is 1. The number of amides is 1. The number of aromatic nitrogens is 1. The van der Waals surface area contributed by atoms with Crippen molar-refractivity contribution in [1.82, 2.24) is 15.2 Å². The highest BCUT2D eigenvalue weighted by Gasteiger charge is 2.17. The molecule has 0 aliphatic carbocycles. The normalized spacial score (nSPS) is 12.6. The van der Waals surface area contributed by atoms with Gasteiger partial charge >= 0.3 is 0 Å². The van der Waals surface area contributed by atoms with Gasteiger partial charge in [-0.05, 0) is 42.3 Å². The molecule has 0 radical (unpaired) electrons. The summed E-state index contributed by atoms with van der Waals surface area (Å²) in [5.74, 6) is -0.380. The van der Waals surface area contributed by atoms with Crippen LogP contribution in [0.3, 0.4) is 0 Å². The molecular formula is C19H19N3O6S. The average Bonchev–Trinajstić information content (AvgIpc) is 3.11. The molecule has 0 saturated carbocycles. The molecule has 0 bridgehead atoms. The van der Waals surface area contributed by atoms with Gasteiger partial charge in [0.2, 0.25) is 10.0 Å². The van der Waals surface area contributed by atoms with Crippen molar-refractivity contribution in [1.29, 1.82) is 0 Å². The second-order valence-corrected chi connectivity index (χ2v) is 8.10. The van der Waals surface area contributed by atoms with Gasteiger partial charge in [-0.2, -0.15) is 5.16 Å². The van der Waals surface area contributed by atoms with E-state index in [1.54, 1.807) is 31.2 Å². The van der Waals surface area contributed by atoms with E-state index in [0.717, 1.165) is 0 Å². The first kappa shape index (κ1) is 20.5. The van der Waals surface area contributed by atoms with E-state index in [0.29, 0.717) is 23.8 Å². The Morgan fingerprint density at radius 1 is 1.21 bits per heavy atom. The van der Waals surface area contributed by atoms with Crippen molar-refractivity contribution < 1.29 is 22.5 Å². The third kappa shape index (κ3) is 4.61. The molecule has 0 aliphatic heterocycles. The molecule has 3 N–H and O–H groups in total. The molecule has 1 atom stereocenters. The molecule has 1 heterocycles. The van der Waals surface area contributed by atoms with Crippen LogP contribution < -0.4 is 15.6 Å². The molecule has 3 rings (SSSR count). The summed E-state index contributed by atoms with van der Waals surface area (Å²) in [7, 11) is -3.86. The van der Waals surface area contributed by atoms with Gasteiger partial charge in [0.15, 0.2) is 5.58 Å². The van der Waals surface area contributed by atoms with Crippen LogP contribution in [0.1, 0.15) is 29.3 Å². The van der Waals surface area contributed by atoms with Gasteiger partial charge in [0.25, 0.3) is 11.5 Å². The zero-order chi connectivity index (χ0) is 21.0. The Labute approximate surface area is 166 Å². The summed E-state index contributed by atoms with van der Waals surface area (Å²) < 4.78 is 32.3. The van der Waals surface area contributed by atoms with Crippen LogP contribution in [0.4, 0.5) is 0 Å². The van der Waals surface area contributed by atoms with E-state index in [2.05, 4.69) is 15.2 Å². The molecule has 0 fully saturated rings. The number of hydrogen-bond donors (Lipinski definition) is 3. The number of carbonyl (C=O) groups excluding carboxylic acids is 2. The number of carbonyl (C=O) groups is 2. The molecule has 9 nitrogen and oxygen atoms in total. The Bertz CT molecular complexity index is 1190. The van der Waals surface area contributed by atoms with Gasteiger partial charge in [-0.15, -0.1) is 0 Å². The van der Waals surface area contributed by atoms with Gasteiger partial charge in [0.1, 0.15) is 6.29 Å². The first-order valence-electron chi connectivity index (χ1n) is 8.80. The Kier molecular flexibility index (Phi) is 5.95. The molecular weight excluding hydrogens is 398 g/mol. The minimum atomic E-state index is -3.86. The molecule has 2 aromatic carbocycles. The lowest BCUT2D eigenvalue weighted by Gasteiger charge is -2.11. The molecule has 1 unspecified atom stereocenters. The fourth-order valence-electron chi connectivity index (χ4n) is 2.62. The van der Waals surface area contributed by atoms with Crippen molar-refractivity contribution in [2.75, 3.05) is 0 Å². The molecule has 0 aliphatic rings. The zero-order valence-electron chi connectivity index (χ0n) is 15.5. The van der Waals surface area contributed by atoms with Gasteiger partial charge in [-0.3, -0.25) is 9.59 Å². The van der Waals surface area contributed by atoms with Crippen molar-refractivity contribution in [2.24, 2.45) is 0 Å². The van der Waals surface area contributed by atoms with E-state index in [9.17, 15) is 22.8 Å². The van der Waals surface area contributed by atoms with Gasteiger partial charge in [0, 0.05) is 12.1 Å². The van der Waals surface area contributed by atoms with Crippen molar-refractivity contribution in [3.8, 4) is 0 Å². The standard InChI is InChI=1S/C19H19N3O6S/c1-2-14(11-23)21-18(24)13-5-3-12(4-6-13)10-20-29(26,27)15-7-8-17-16(9-15)19(25)22-28-17/h3-9,11,14,20H,2,10H2,1H3,(H,21,24)(H,22,25). The van der Waals surface area contributed by atoms with Crippen molar-refractivity contribution in [2.45, 2.75) is 30.8 Å². The summed E-state index contributed by atoms with van der Waals surface area (Å²) in [5.41, 5.74) is 0.754.